The molecule has 0 amide bonds. The molecule has 0 aromatic heterocycles. The summed E-state index contributed by atoms with van der Waals surface area (Å²) in [5, 5.41) is 0. The number of benzene rings is 1. The lowest BCUT2D eigenvalue weighted by molar-refractivity contribution is 0.415. The maximum atomic E-state index is 12.1. The number of ether oxygens (including phenoxy) is 1. The first-order valence-corrected chi connectivity index (χ1v) is 4.76. The molecule has 1 rings (SSSR count). The maximum absolute atomic E-state index is 12.1. The van der Waals surface area contributed by atoms with Gasteiger partial charge in [-0.15, -0.1) is 0 Å². The molecule has 13 heavy (non-hydrogen) atoms. The molecule has 1 aromatic rings. The Morgan fingerprint density at radius 2 is 1.85 bits per heavy atom. The van der Waals surface area contributed by atoms with Gasteiger partial charge >= 0.3 is 10.4 Å². The number of hydrogen-bond donors (Lipinski definition) is 1. The Bertz CT molecular complexity index is 373. The highest BCUT2D eigenvalue weighted by molar-refractivity contribution is 7.87. The van der Waals surface area contributed by atoms with Crippen LogP contribution < -0.4 is 9.46 Å². The molecular weight excluding hydrogens is 197 g/mol. The van der Waals surface area contributed by atoms with Crippen molar-refractivity contribution >= 4 is 16.1 Å². The second kappa shape index (κ2) is 3.61. The monoisotopic (exact) mass is 205 g/mol. The average Bonchev–Trinajstić information content (AvgIpc) is 2.03. The van der Waals surface area contributed by atoms with Gasteiger partial charge in [0.05, 0.1) is 12.8 Å². The Morgan fingerprint density at radius 3 is 2.23 bits per heavy atom. The van der Waals surface area contributed by atoms with Crippen LogP contribution in [-0.2, 0) is 10.4 Å². The fourth-order valence-corrected chi connectivity index (χ4v) is 1.22. The summed E-state index contributed by atoms with van der Waals surface area (Å²) in [4.78, 5) is 0. The zero-order valence-electron chi connectivity index (χ0n) is 6.82. The largest absolute Gasteiger partial charge is 0.497 e. The van der Waals surface area contributed by atoms with Crippen molar-refractivity contribution in [2.24, 2.45) is 0 Å². The lowest BCUT2D eigenvalue weighted by Crippen LogP contribution is -2.04. The van der Waals surface area contributed by atoms with E-state index in [0.29, 0.717) is 5.75 Å². The minimum absolute atomic E-state index is 0.156. The van der Waals surface area contributed by atoms with Crippen molar-refractivity contribution < 1.29 is 17.0 Å². The van der Waals surface area contributed by atoms with Crippen LogP contribution >= 0.6 is 0 Å². The van der Waals surface area contributed by atoms with Crippen LogP contribution in [0.1, 0.15) is 0 Å². The summed E-state index contributed by atoms with van der Waals surface area (Å²) in [6, 6.07) is 5.84. The van der Waals surface area contributed by atoms with Gasteiger partial charge in [-0.25, -0.2) is 0 Å². The number of methoxy groups -OCH3 is 1. The van der Waals surface area contributed by atoms with Crippen LogP contribution in [0.2, 0.25) is 0 Å². The maximum Gasteiger partial charge on any atom is 0.396 e. The molecule has 0 aliphatic heterocycles. The predicted molar refractivity (Wildman–Crippen MR) is 46.6 cm³/mol. The Labute approximate surface area is 75.7 Å². The standard InChI is InChI=1S/C7H8FNO3S/c1-12-7-4-2-6(3-5-7)9-13(8,10)11/h2-5,9H,1H3. The summed E-state index contributed by atoms with van der Waals surface area (Å²) in [7, 11) is -3.21. The lowest BCUT2D eigenvalue weighted by atomic mass is 10.3. The molecule has 0 bridgehead atoms. The van der Waals surface area contributed by atoms with Crippen LogP contribution in [0.15, 0.2) is 24.3 Å². The first-order chi connectivity index (χ1) is 6.01. The van der Waals surface area contributed by atoms with E-state index in [-0.39, 0.29) is 5.69 Å². The number of nitrogens with one attached hydrogen (secondary N) is 1. The molecule has 0 fully saturated rings. The van der Waals surface area contributed by atoms with Gasteiger partial charge in [-0.2, -0.15) is 8.42 Å². The van der Waals surface area contributed by atoms with Crippen molar-refractivity contribution in [1.82, 2.24) is 0 Å². The highest BCUT2D eigenvalue weighted by atomic mass is 32.3. The average molecular weight is 205 g/mol. The van der Waals surface area contributed by atoms with Gasteiger partial charge in [0.25, 0.3) is 0 Å². The van der Waals surface area contributed by atoms with E-state index in [4.69, 9.17) is 4.74 Å². The highest BCUT2D eigenvalue weighted by Gasteiger charge is 2.05. The second-order valence-electron chi connectivity index (χ2n) is 2.27. The molecule has 0 aliphatic rings. The highest BCUT2D eigenvalue weighted by Crippen LogP contribution is 2.16. The van der Waals surface area contributed by atoms with Gasteiger partial charge in [-0.05, 0) is 24.3 Å². The van der Waals surface area contributed by atoms with E-state index < -0.39 is 10.4 Å². The Hall–Kier alpha value is -1.30. The van der Waals surface area contributed by atoms with Crippen molar-refractivity contribution in [2.45, 2.75) is 0 Å². The third-order valence-electron chi connectivity index (χ3n) is 1.33. The van der Waals surface area contributed by atoms with Crippen LogP contribution in [0.4, 0.5) is 9.57 Å². The molecule has 6 heteroatoms. The Balaban J connectivity index is 2.81. The lowest BCUT2D eigenvalue weighted by Gasteiger charge is -2.02. The number of halogens is 1. The fraction of sp³-hybridized carbons (Fsp3) is 0.143. The van der Waals surface area contributed by atoms with E-state index >= 15 is 0 Å². The summed E-state index contributed by atoms with van der Waals surface area (Å²) >= 11 is 0. The molecule has 4 nitrogen and oxygen atoms in total. The molecule has 0 heterocycles. The normalized spacial score (nSPS) is 10.9. The Kier molecular flexibility index (Phi) is 2.72. The van der Waals surface area contributed by atoms with E-state index in [1.807, 2.05) is 0 Å². The van der Waals surface area contributed by atoms with Crippen molar-refractivity contribution in [1.29, 1.82) is 0 Å². The summed E-state index contributed by atoms with van der Waals surface area (Å²) in [5.41, 5.74) is 0.156. The van der Waals surface area contributed by atoms with E-state index in [1.54, 1.807) is 4.72 Å². The molecule has 0 aliphatic carbocycles. The molecule has 0 spiro atoms. The van der Waals surface area contributed by atoms with E-state index in [9.17, 15) is 12.3 Å². The van der Waals surface area contributed by atoms with Crippen LogP contribution in [0, 0.1) is 0 Å². The third kappa shape index (κ3) is 3.29. The first-order valence-electron chi connectivity index (χ1n) is 3.38. The van der Waals surface area contributed by atoms with Crippen molar-refractivity contribution in [3.8, 4) is 5.75 Å². The summed E-state index contributed by atoms with van der Waals surface area (Å²) in [6.45, 7) is 0. The molecular formula is C7H8FNO3S. The third-order valence-corrected chi connectivity index (χ3v) is 1.81. The molecule has 0 saturated heterocycles. The van der Waals surface area contributed by atoms with E-state index in [1.165, 1.54) is 31.4 Å². The van der Waals surface area contributed by atoms with Gasteiger partial charge in [-0.1, -0.05) is 3.89 Å². The smallest absolute Gasteiger partial charge is 0.396 e. The Morgan fingerprint density at radius 1 is 1.31 bits per heavy atom. The molecule has 0 saturated carbocycles. The fourth-order valence-electron chi connectivity index (χ4n) is 0.800. The van der Waals surface area contributed by atoms with Crippen LogP contribution in [0.3, 0.4) is 0 Å². The van der Waals surface area contributed by atoms with E-state index in [0.717, 1.165) is 0 Å². The SMILES string of the molecule is COc1ccc(NS(=O)(=O)F)cc1. The van der Waals surface area contributed by atoms with Gasteiger partial charge in [0.1, 0.15) is 5.75 Å². The zero-order chi connectivity index (χ0) is 9.90. The summed E-state index contributed by atoms with van der Waals surface area (Å²) in [5.74, 6) is 0.571. The number of hydrogen-bond acceptors (Lipinski definition) is 3. The quantitative estimate of drug-likeness (QED) is 0.757. The van der Waals surface area contributed by atoms with Crippen LogP contribution in [-0.4, -0.2) is 15.5 Å². The second-order valence-corrected chi connectivity index (χ2v) is 3.35. The van der Waals surface area contributed by atoms with Crippen molar-refractivity contribution in [3.63, 3.8) is 0 Å². The number of anilines is 1. The topological polar surface area (TPSA) is 55.4 Å². The molecule has 0 radical (unpaired) electrons. The van der Waals surface area contributed by atoms with Gasteiger partial charge < -0.3 is 4.74 Å². The minimum atomic E-state index is -4.69. The summed E-state index contributed by atoms with van der Waals surface area (Å²) < 4.78 is 38.9. The van der Waals surface area contributed by atoms with Crippen LogP contribution in [0.5, 0.6) is 5.75 Å². The van der Waals surface area contributed by atoms with E-state index in [2.05, 4.69) is 0 Å². The molecule has 1 N–H and O–H groups in total. The minimum Gasteiger partial charge on any atom is -0.497 e. The van der Waals surface area contributed by atoms with Crippen molar-refractivity contribution in [2.75, 3.05) is 11.8 Å². The first kappa shape index (κ1) is 9.79. The zero-order valence-corrected chi connectivity index (χ0v) is 7.64. The van der Waals surface area contributed by atoms with Crippen molar-refractivity contribution in [3.05, 3.63) is 24.3 Å². The predicted octanol–water partition coefficient (Wildman–Crippen LogP) is 1.32. The van der Waals surface area contributed by atoms with Gasteiger partial charge in [0, 0.05) is 0 Å². The van der Waals surface area contributed by atoms with Gasteiger partial charge in [0.15, 0.2) is 0 Å². The van der Waals surface area contributed by atoms with Crippen LogP contribution in [0.25, 0.3) is 0 Å². The number of rotatable bonds is 3. The molecule has 0 unspecified atom stereocenters. The molecule has 72 valence electrons. The molecule has 1 aromatic carbocycles. The summed E-state index contributed by atoms with van der Waals surface area (Å²) in [6.07, 6.45) is 0. The van der Waals surface area contributed by atoms with Gasteiger partial charge in [0.2, 0.25) is 0 Å². The molecule has 0 atom stereocenters. The van der Waals surface area contributed by atoms with Gasteiger partial charge in [-0.3, -0.25) is 4.72 Å².